The van der Waals surface area contributed by atoms with E-state index in [2.05, 4.69) is 10.6 Å². The Hall–Kier alpha value is -1.10. The molecule has 0 aromatic carbocycles. The van der Waals surface area contributed by atoms with E-state index in [0.717, 1.165) is 12.8 Å². The van der Waals surface area contributed by atoms with E-state index in [1.807, 2.05) is 6.92 Å². The van der Waals surface area contributed by atoms with Crippen LogP contribution in [0.2, 0.25) is 0 Å². The molecule has 5 nitrogen and oxygen atoms in total. The summed E-state index contributed by atoms with van der Waals surface area (Å²) in [6.07, 6.45) is 2.05. The van der Waals surface area contributed by atoms with Gasteiger partial charge in [-0.3, -0.25) is 9.59 Å². The van der Waals surface area contributed by atoms with Crippen molar-refractivity contribution in [2.75, 3.05) is 7.05 Å². The molecular weight excluding hydrogens is 194 g/mol. The van der Waals surface area contributed by atoms with Crippen LogP contribution in [0, 0.1) is 0 Å². The molecule has 0 aromatic heterocycles. The minimum absolute atomic E-state index is 0.119. The molecule has 0 bridgehead atoms. The summed E-state index contributed by atoms with van der Waals surface area (Å²) in [6.45, 7) is 3.66. The maximum absolute atomic E-state index is 11.4. The zero-order valence-electron chi connectivity index (χ0n) is 9.67. The van der Waals surface area contributed by atoms with Crippen molar-refractivity contribution in [1.82, 2.24) is 10.6 Å². The van der Waals surface area contributed by atoms with Gasteiger partial charge < -0.3 is 16.4 Å². The smallest absolute Gasteiger partial charge is 0.242 e. The van der Waals surface area contributed by atoms with Gasteiger partial charge in [0.25, 0.3) is 0 Å². The number of hydrogen-bond donors (Lipinski definition) is 3. The van der Waals surface area contributed by atoms with Gasteiger partial charge in [-0.2, -0.15) is 0 Å². The van der Waals surface area contributed by atoms with Crippen LogP contribution < -0.4 is 16.4 Å². The largest absolute Gasteiger partial charge is 0.357 e. The molecule has 0 heterocycles. The molecular formula is C10H21N3O2. The molecule has 5 heteroatoms. The number of likely N-dealkylation sites (N-methyl/N-ethyl adjacent to an activating group) is 1. The lowest BCUT2D eigenvalue weighted by molar-refractivity contribution is -0.128. The standard InChI is InChI=1S/C10H21N3O2/c1-4-5-8(11)6-9(14)13-7(2)10(15)12-3/h7-8H,4-6,11H2,1-3H3,(H,12,15)(H,13,14). The van der Waals surface area contributed by atoms with Gasteiger partial charge in [0.15, 0.2) is 0 Å². The molecule has 0 aliphatic rings. The topological polar surface area (TPSA) is 84.2 Å². The van der Waals surface area contributed by atoms with Crippen LogP contribution >= 0.6 is 0 Å². The molecule has 0 fully saturated rings. The van der Waals surface area contributed by atoms with Crippen molar-refractivity contribution in [1.29, 1.82) is 0 Å². The van der Waals surface area contributed by atoms with Crippen molar-refractivity contribution in [2.45, 2.75) is 45.2 Å². The molecule has 0 aromatic rings. The Balaban J connectivity index is 3.87. The molecule has 0 rings (SSSR count). The van der Waals surface area contributed by atoms with Gasteiger partial charge in [0.1, 0.15) is 6.04 Å². The van der Waals surface area contributed by atoms with Crippen LogP contribution in [0.4, 0.5) is 0 Å². The number of carbonyl (C=O) groups is 2. The molecule has 2 unspecified atom stereocenters. The summed E-state index contributed by atoms with van der Waals surface area (Å²) in [7, 11) is 1.54. The molecule has 15 heavy (non-hydrogen) atoms. The Morgan fingerprint density at radius 2 is 2.00 bits per heavy atom. The molecule has 0 radical (unpaired) electrons. The second kappa shape index (κ2) is 7.23. The first-order valence-electron chi connectivity index (χ1n) is 5.27. The lowest BCUT2D eigenvalue weighted by Gasteiger charge is -2.14. The summed E-state index contributed by atoms with van der Waals surface area (Å²) in [5.74, 6) is -0.375. The minimum Gasteiger partial charge on any atom is -0.357 e. The van der Waals surface area contributed by atoms with E-state index in [4.69, 9.17) is 5.73 Å². The predicted octanol–water partition coefficient (Wildman–Crippen LogP) is -0.245. The van der Waals surface area contributed by atoms with Crippen LogP contribution in [-0.4, -0.2) is 30.9 Å². The highest BCUT2D eigenvalue weighted by Gasteiger charge is 2.15. The highest BCUT2D eigenvalue weighted by Crippen LogP contribution is 1.98. The van der Waals surface area contributed by atoms with Crippen LogP contribution in [0.25, 0.3) is 0 Å². The fraction of sp³-hybridized carbons (Fsp3) is 0.800. The summed E-state index contributed by atoms with van der Waals surface area (Å²) in [5, 5.41) is 5.05. The molecule has 0 spiro atoms. The van der Waals surface area contributed by atoms with Crippen LogP contribution in [0.1, 0.15) is 33.1 Å². The van der Waals surface area contributed by atoms with E-state index in [1.165, 1.54) is 7.05 Å². The van der Waals surface area contributed by atoms with Gasteiger partial charge in [0, 0.05) is 19.5 Å². The quantitative estimate of drug-likeness (QED) is 0.571. The lowest BCUT2D eigenvalue weighted by atomic mass is 10.1. The Bertz CT molecular complexity index is 219. The summed E-state index contributed by atoms with van der Waals surface area (Å²) in [4.78, 5) is 22.5. The van der Waals surface area contributed by atoms with Crippen molar-refractivity contribution < 1.29 is 9.59 Å². The minimum atomic E-state index is -0.503. The molecule has 2 atom stereocenters. The van der Waals surface area contributed by atoms with Crippen LogP contribution in [-0.2, 0) is 9.59 Å². The Morgan fingerprint density at radius 3 is 2.47 bits per heavy atom. The third kappa shape index (κ3) is 6.06. The first kappa shape index (κ1) is 13.9. The monoisotopic (exact) mass is 215 g/mol. The second-order valence-electron chi connectivity index (χ2n) is 3.66. The van der Waals surface area contributed by atoms with E-state index >= 15 is 0 Å². The van der Waals surface area contributed by atoms with Crippen LogP contribution in [0.3, 0.4) is 0 Å². The van der Waals surface area contributed by atoms with E-state index < -0.39 is 6.04 Å². The average molecular weight is 215 g/mol. The Morgan fingerprint density at radius 1 is 1.40 bits per heavy atom. The lowest BCUT2D eigenvalue weighted by Crippen LogP contribution is -2.45. The van der Waals surface area contributed by atoms with Gasteiger partial charge in [-0.25, -0.2) is 0 Å². The van der Waals surface area contributed by atoms with Crippen molar-refractivity contribution in [3.63, 3.8) is 0 Å². The molecule has 2 amide bonds. The molecule has 0 aliphatic heterocycles. The van der Waals surface area contributed by atoms with Crippen molar-refractivity contribution >= 4 is 11.8 Å². The van der Waals surface area contributed by atoms with E-state index in [0.29, 0.717) is 0 Å². The number of hydrogen-bond acceptors (Lipinski definition) is 3. The molecule has 0 saturated carbocycles. The number of rotatable bonds is 6. The maximum atomic E-state index is 11.4. The van der Waals surface area contributed by atoms with Gasteiger partial charge in [-0.15, -0.1) is 0 Å². The Labute approximate surface area is 90.8 Å². The fourth-order valence-electron chi connectivity index (χ4n) is 1.29. The Kier molecular flexibility index (Phi) is 6.70. The molecule has 0 saturated heterocycles. The van der Waals surface area contributed by atoms with Crippen LogP contribution in [0.5, 0.6) is 0 Å². The number of nitrogens with one attached hydrogen (secondary N) is 2. The highest BCUT2D eigenvalue weighted by atomic mass is 16.2. The summed E-state index contributed by atoms with van der Waals surface area (Å²) < 4.78 is 0. The predicted molar refractivity (Wildman–Crippen MR) is 59.2 cm³/mol. The number of carbonyl (C=O) groups excluding carboxylic acids is 2. The van der Waals surface area contributed by atoms with Gasteiger partial charge in [0.05, 0.1) is 0 Å². The third-order valence-corrected chi connectivity index (χ3v) is 2.12. The highest BCUT2D eigenvalue weighted by molar-refractivity contribution is 5.87. The average Bonchev–Trinajstić information content (AvgIpc) is 2.16. The molecule has 88 valence electrons. The van der Waals surface area contributed by atoms with Gasteiger partial charge in [-0.05, 0) is 13.3 Å². The van der Waals surface area contributed by atoms with Crippen molar-refractivity contribution in [2.24, 2.45) is 5.73 Å². The van der Waals surface area contributed by atoms with E-state index in [1.54, 1.807) is 6.92 Å². The summed E-state index contributed by atoms with van der Waals surface area (Å²) in [5.41, 5.74) is 5.71. The normalized spacial score (nSPS) is 14.1. The van der Waals surface area contributed by atoms with E-state index in [9.17, 15) is 9.59 Å². The van der Waals surface area contributed by atoms with Crippen molar-refractivity contribution in [3.05, 3.63) is 0 Å². The maximum Gasteiger partial charge on any atom is 0.242 e. The number of amides is 2. The zero-order valence-corrected chi connectivity index (χ0v) is 9.67. The summed E-state index contributed by atoms with van der Waals surface area (Å²) >= 11 is 0. The van der Waals surface area contributed by atoms with Gasteiger partial charge >= 0.3 is 0 Å². The van der Waals surface area contributed by atoms with Crippen LogP contribution in [0.15, 0.2) is 0 Å². The summed E-state index contributed by atoms with van der Waals surface area (Å²) in [6, 6.07) is -0.622. The second-order valence-corrected chi connectivity index (χ2v) is 3.66. The van der Waals surface area contributed by atoms with Gasteiger partial charge in [0.2, 0.25) is 11.8 Å². The fourth-order valence-corrected chi connectivity index (χ4v) is 1.29. The SMILES string of the molecule is CCCC(N)CC(=O)NC(C)C(=O)NC. The van der Waals surface area contributed by atoms with Crippen molar-refractivity contribution in [3.8, 4) is 0 Å². The zero-order chi connectivity index (χ0) is 11.8. The molecule has 4 N–H and O–H groups in total. The molecule has 0 aliphatic carbocycles. The van der Waals surface area contributed by atoms with Gasteiger partial charge in [-0.1, -0.05) is 13.3 Å². The first-order chi connectivity index (χ1) is 7.01. The third-order valence-electron chi connectivity index (χ3n) is 2.12. The van der Waals surface area contributed by atoms with E-state index in [-0.39, 0.29) is 24.3 Å². The number of nitrogens with two attached hydrogens (primary N) is 1. The first-order valence-corrected chi connectivity index (χ1v) is 5.27.